The first-order chi connectivity index (χ1) is 9.10. The van der Waals surface area contributed by atoms with Gasteiger partial charge >= 0.3 is 0 Å². The number of aryl methyl sites for hydroxylation is 1. The Labute approximate surface area is 121 Å². The summed E-state index contributed by atoms with van der Waals surface area (Å²) in [6.07, 6.45) is 4.11. The van der Waals surface area contributed by atoms with Crippen LogP contribution in [0.5, 0.6) is 0 Å². The van der Waals surface area contributed by atoms with Crippen LogP contribution in [0.3, 0.4) is 0 Å². The third-order valence-corrected chi connectivity index (χ3v) is 3.34. The normalized spacial score (nSPS) is 12.4. The van der Waals surface area contributed by atoms with E-state index in [-0.39, 0.29) is 6.04 Å². The van der Waals surface area contributed by atoms with Gasteiger partial charge < -0.3 is 0 Å². The predicted octanol–water partition coefficient (Wildman–Crippen LogP) is 2.84. The molecule has 0 aliphatic rings. The number of nitrogens with zero attached hydrogens (tertiary/aromatic N) is 2. The molecular formula is C13H14Cl2N4. The molecule has 0 amide bonds. The quantitative estimate of drug-likeness (QED) is 0.673. The van der Waals surface area contributed by atoms with E-state index in [0.29, 0.717) is 22.3 Å². The van der Waals surface area contributed by atoms with Crippen LogP contribution in [0.1, 0.15) is 23.0 Å². The smallest absolute Gasteiger partial charge is 0.146 e. The molecule has 2 rings (SSSR count). The average molecular weight is 297 g/mol. The zero-order chi connectivity index (χ0) is 13.8. The lowest BCUT2D eigenvalue weighted by atomic mass is 10.1. The van der Waals surface area contributed by atoms with E-state index < -0.39 is 0 Å². The van der Waals surface area contributed by atoms with E-state index in [4.69, 9.17) is 29.0 Å². The zero-order valence-electron chi connectivity index (χ0n) is 10.4. The van der Waals surface area contributed by atoms with Gasteiger partial charge in [-0.2, -0.15) is 0 Å². The van der Waals surface area contributed by atoms with Crippen LogP contribution in [0.2, 0.25) is 10.0 Å². The lowest BCUT2D eigenvalue weighted by Crippen LogP contribution is -2.31. The molecule has 0 bridgehead atoms. The van der Waals surface area contributed by atoms with Gasteiger partial charge in [0.1, 0.15) is 5.82 Å². The van der Waals surface area contributed by atoms with Gasteiger partial charge in [0.25, 0.3) is 0 Å². The second-order valence-electron chi connectivity index (χ2n) is 4.28. The lowest BCUT2D eigenvalue weighted by molar-refractivity contribution is 0.522. The maximum absolute atomic E-state index is 6.15. The van der Waals surface area contributed by atoms with Gasteiger partial charge in [0.15, 0.2) is 0 Å². The standard InChI is InChI=1S/C13H14Cl2N4/c1-8-6-17-13(18-7-8)12(19-16)4-9-2-3-10(14)5-11(9)15/h2-3,5-7,12,19H,4,16H2,1H3. The first-order valence-electron chi connectivity index (χ1n) is 5.78. The summed E-state index contributed by atoms with van der Waals surface area (Å²) in [5, 5.41) is 1.22. The molecular weight excluding hydrogens is 283 g/mol. The molecule has 1 aromatic heterocycles. The Hall–Kier alpha value is -1.20. The molecule has 3 N–H and O–H groups in total. The fraction of sp³-hybridized carbons (Fsp3) is 0.231. The maximum Gasteiger partial charge on any atom is 0.146 e. The van der Waals surface area contributed by atoms with Gasteiger partial charge in [0.05, 0.1) is 6.04 Å². The van der Waals surface area contributed by atoms with Crippen molar-refractivity contribution in [1.29, 1.82) is 0 Å². The van der Waals surface area contributed by atoms with Crippen molar-refractivity contribution < 1.29 is 0 Å². The number of hydrazine groups is 1. The third kappa shape index (κ3) is 3.64. The second kappa shape index (κ2) is 6.30. The topological polar surface area (TPSA) is 63.8 Å². The Morgan fingerprint density at radius 3 is 2.53 bits per heavy atom. The van der Waals surface area contributed by atoms with E-state index in [2.05, 4.69) is 15.4 Å². The molecule has 1 aromatic carbocycles. The van der Waals surface area contributed by atoms with E-state index in [1.54, 1.807) is 24.5 Å². The van der Waals surface area contributed by atoms with Crippen LogP contribution in [0, 0.1) is 6.92 Å². The molecule has 0 radical (unpaired) electrons. The van der Waals surface area contributed by atoms with E-state index >= 15 is 0 Å². The van der Waals surface area contributed by atoms with Crippen molar-refractivity contribution in [2.75, 3.05) is 0 Å². The Balaban J connectivity index is 2.21. The average Bonchev–Trinajstić information content (AvgIpc) is 2.39. The Morgan fingerprint density at radius 1 is 1.26 bits per heavy atom. The summed E-state index contributed by atoms with van der Waals surface area (Å²) in [5.41, 5.74) is 4.66. The molecule has 100 valence electrons. The fourth-order valence-corrected chi connectivity index (χ4v) is 2.20. The van der Waals surface area contributed by atoms with Crippen LogP contribution in [-0.2, 0) is 6.42 Å². The summed E-state index contributed by atoms with van der Waals surface area (Å²) < 4.78 is 0. The first-order valence-corrected chi connectivity index (χ1v) is 6.54. The summed E-state index contributed by atoms with van der Waals surface area (Å²) >= 11 is 12.0. The Morgan fingerprint density at radius 2 is 1.95 bits per heavy atom. The van der Waals surface area contributed by atoms with E-state index in [1.807, 2.05) is 13.0 Å². The molecule has 19 heavy (non-hydrogen) atoms. The molecule has 1 unspecified atom stereocenters. The Bertz CT molecular complexity index is 557. The number of hydrogen-bond donors (Lipinski definition) is 2. The van der Waals surface area contributed by atoms with Crippen LogP contribution < -0.4 is 11.3 Å². The van der Waals surface area contributed by atoms with Crippen LogP contribution in [0.4, 0.5) is 0 Å². The van der Waals surface area contributed by atoms with Gasteiger partial charge in [-0.1, -0.05) is 29.3 Å². The highest BCUT2D eigenvalue weighted by molar-refractivity contribution is 6.35. The van der Waals surface area contributed by atoms with Crippen LogP contribution >= 0.6 is 23.2 Å². The van der Waals surface area contributed by atoms with Gasteiger partial charge in [0, 0.05) is 22.4 Å². The molecule has 4 nitrogen and oxygen atoms in total. The highest BCUT2D eigenvalue weighted by Crippen LogP contribution is 2.24. The van der Waals surface area contributed by atoms with Crippen molar-refractivity contribution in [2.24, 2.45) is 5.84 Å². The van der Waals surface area contributed by atoms with E-state index in [0.717, 1.165) is 11.1 Å². The van der Waals surface area contributed by atoms with Crippen molar-refractivity contribution in [1.82, 2.24) is 15.4 Å². The number of benzene rings is 1. The molecule has 1 atom stereocenters. The van der Waals surface area contributed by atoms with Crippen molar-refractivity contribution in [3.8, 4) is 0 Å². The van der Waals surface area contributed by atoms with Gasteiger partial charge in [-0.25, -0.2) is 15.4 Å². The molecule has 6 heteroatoms. The summed E-state index contributed by atoms with van der Waals surface area (Å²) in [7, 11) is 0. The third-order valence-electron chi connectivity index (χ3n) is 2.75. The lowest BCUT2D eigenvalue weighted by Gasteiger charge is -2.15. The van der Waals surface area contributed by atoms with Crippen molar-refractivity contribution >= 4 is 23.2 Å². The monoisotopic (exact) mass is 296 g/mol. The molecule has 0 saturated carbocycles. The number of halogens is 2. The molecule has 0 aliphatic carbocycles. The summed E-state index contributed by atoms with van der Waals surface area (Å²) in [6, 6.07) is 5.19. The zero-order valence-corrected chi connectivity index (χ0v) is 11.9. The Kier molecular flexibility index (Phi) is 4.71. The molecule has 0 spiro atoms. The largest absolute Gasteiger partial charge is 0.271 e. The minimum absolute atomic E-state index is 0.195. The van der Waals surface area contributed by atoms with Crippen LogP contribution in [-0.4, -0.2) is 9.97 Å². The minimum atomic E-state index is -0.195. The molecule has 2 aromatic rings. The highest BCUT2D eigenvalue weighted by Gasteiger charge is 2.15. The summed E-state index contributed by atoms with van der Waals surface area (Å²) in [5.74, 6) is 6.21. The van der Waals surface area contributed by atoms with Gasteiger partial charge in [0.2, 0.25) is 0 Å². The summed E-state index contributed by atoms with van der Waals surface area (Å²) in [4.78, 5) is 8.54. The van der Waals surface area contributed by atoms with Gasteiger partial charge in [-0.05, 0) is 36.6 Å². The molecule has 0 fully saturated rings. The number of nitrogens with one attached hydrogen (secondary N) is 1. The highest BCUT2D eigenvalue weighted by atomic mass is 35.5. The second-order valence-corrected chi connectivity index (χ2v) is 5.12. The van der Waals surface area contributed by atoms with E-state index in [1.165, 1.54) is 0 Å². The number of rotatable bonds is 4. The molecule has 1 heterocycles. The predicted molar refractivity (Wildman–Crippen MR) is 77.0 cm³/mol. The SMILES string of the molecule is Cc1cnc(C(Cc2ccc(Cl)cc2Cl)NN)nc1. The maximum atomic E-state index is 6.15. The fourth-order valence-electron chi connectivity index (χ4n) is 1.71. The first kappa shape index (κ1) is 14.2. The van der Waals surface area contributed by atoms with E-state index in [9.17, 15) is 0 Å². The summed E-state index contributed by atoms with van der Waals surface area (Å²) in [6.45, 7) is 1.94. The number of aromatic nitrogens is 2. The van der Waals surface area contributed by atoms with Crippen molar-refractivity contribution in [3.63, 3.8) is 0 Å². The minimum Gasteiger partial charge on any atom is -0.271 e. The van der Waals surface area contributed by atoms with Gasteiger partial charge in [-0.15, -0.1) is 0 Å². The van der Waals surface area contributed by atoms with Gasteiger partial charge in [-0.3, -0.25) is 5.84 Å². The number of hydrogen-bond acceptors (Lipinski definition) is 4. The van der Waals surface area contributed by atoms with Crippen molar-refractivity contribution in [3.05, 3.63) is 57.6 Å². The van der Waals surface area contributed by atoms with Crippen LogP contribution in [0.25, 0.3) is 0 Å². The molecule has 0 aliphatic heterocycles. The van der Waals surface area contributed by atoms with Crippen molar-refractivity contribution in [2.45, 2.75) is 19.4 Å². The molecule has 0 saturated heterocycles. The van der Waals surface area contributed by atoms with Crippen LogP contribution in [0.15, 0.2) is 30.6 Å². The number of nitrogens with two attached hydrogens (primary N) is 1.